The first-order valence-electron chi connectivity index (χ1n) is 8.33. The molecule has 1 saturated carbocycles. The van der Waals surface area contributed by atoms with E-state index in [4.69, 9.17) is 0 Å². The smallest absolute Gasteiger partial charge is 0.241 e. The molecule has 4 nitrogen and oxygen atoms in total. The average molecular weight is 327 g/mol. The van der Waals surface area contributed by atoms with E-state index in [1.165, 1.54) is 12.8 Å². The number of carbonyl (C=O) groups is 1. The van der Waals surface area contributed by atoms with Gasteiger partial charge in [0.25, 0.3) is 0 Å². The van der Waals surface area contributed by atoms with Gasteiger partial charge in [0.1, 0.15) is 0 Å². The molecule has 120 valence electrons. The normalized spacial score (nSPS) is 21.5. The molecule has 0 spiro atoms. The molecular formula is C18H21N3OS. The lowest BCUT2D eigenvalue weighted by Gasteiger charge is -2.23. The van der Waals surface area contributed by atoms with Gasteiger partial charge in [-0.05, 0) is 50.3 Å². The largest absolute Gasteiger partial charge is 0.325 e. The summed E-state index contributed by atoms with van der Waals surface area (Å²) >= 11 is 1.59. The molecule has 1 aromatic carbocycles. The fourth-order valence-electron chi connectivity index (χ4n) is 3.28. The van der Waals surface area contributed by atoms with Gasteiger partial charge in [0.2, 0.25) is 5.91 Å². The van der Waals surface area contributed by atoms with Gasteiger partial charge in [-0.2, -0.15) is 0 Å². The van der Waals surface area contributed by atoms with Crippen molar-refractivity contribution in [2.75, 3.05) is 18.4 Å². The average Bonchev–Trinajstić information content (AvgIpc) is 3.04. The van der Waals surface area contributed by atoms with Crippen LogP contribution in [0.2, 0.25) is 0 Å². The van der Waals surface area contributed by atoms with Gasteiger partial charge in [-0.3, -0.25) is 9.69 Å². The van der Waals surface area contributed by atoms with Gasteiger partial charge in [0.15, 0.2) is 0 Å². The van der Waals surface area contributed by atoms with E-state index in [-0.39, 0.29) is 11.9 Å². The number of nitrogens with zero attached hydrogens (tertiary/aromatic N) is 2. The number of likely N-dealkylation sites (tertiary alicyclic amines) is 1. The van der Waals surface area contributed by atoms with Crippen LogP contribution in [0.4, 0.5) is 5.69 Å². The Balaban J connectivity index is 1.39. The van der Waals surface area contributed by atoms with Crippen LogP contribution in [0.1, 0.15) is 25.7 Å². The van der Waals surface area contributed by atoms with Crippen LogP contribution in [-0.4, -0.2) is 34.9 Å². The van der Waals surface area contributed by atoms with Crippen molar-refractivity contribution in [3.05, 3.63) is 35.2 Å². The lowest BCUT2D eigenvalue weighted by Crippen LogP contribution is -2.40. The molecule has 1 aromatic heterocycles. The van der Waals surface area contributed by atoms with Crippen LogP contribution in [0.5, 0.6) is 0 Å². The van der Waals surface area contributed by atoms with Crippen molar-refractivity contribution in [2.24, 2.45) is 5.92 Å². The maximum atomic E-state index is 12.6. The molecule has 1 N–H and O–H groups in total. The maximum absolute atomic E-state index is 12.6. The minimum Gasteiger partial charge on any atom is -0.325 e. The molecule has 0 radical (unpaired) electrons. The molecule has 1 unspecified atom stereocenters. The van der Waals surface area contributed by atoms with Crippen molar-refractivity contribution >= 4 is 22.9 Å². The summed E-state index contributed by atoms with van der Waals surface area (Å²) in [5.74, 6) is 0.977. The summed E-state index contributed by atoms with van der Waals surface area (Å²) in [6, 6.07) is 8.01. The quantitative estimate of drug-likeness (QED) is 0.912. The molecule has 23 heavy (non-hydrogen) atoms. The van der Waals surface area contributed by atoms with E-state index in [0.717, 1.165) is 48.8 Å². The number of nitrogens with one attached hydrogen (secondary N) is 1. The number of hydrogen-bond donors (Lipinski definition) is 1. The first-order chi connectivity index (χ1) is 11.3. The Morgan fingerprint density at radius 2 is 2.09 bits per heavy atom. The molecule has 1 aliphatic heterocycles. The van der Waals surface area contributed by atoms with E-state index in [9.17, 15) is 4.79 Å². The Labute approximate surface area is 140 Å². The van der Waals surface area contributed by atoms with Crippen molar-refractivity contribution in [2.45, 2.75) is 31.7 Å². The van der Waals surface area contributed by atoms with E-state index in [1.807, 2.05) is 35.2 Å². The van der Waals surface area contributed by atoms with Crippen molar-refractivity contribution in [3.8, 4) is 11.3 Å². The van der Waals surface area contributed by atoms with Gasteiger partial charge in [-0.15, -0.1) is 11.3 Å². The first kappa shape index (κ1) is 14.8. The molecule has 1 amide bonds. The molecule has 4 rings (SSSR count). The van der Waals surface area contributed by atoms with Gasteiger partial charge in [-0.1, -0.05) is 12.1 Å². The molecule has 1 aliphatic carbocycles. The minimum atomic E-state index is 0.0498. The van der Waals surface area contributed by atoms with E-state index in [2.05, 4.69) is 15.2 Å². The molecule has 0 bridgehead atoms. The molecule has 5 heteroatoms. The van der Waals surface area contributed by atoms with Crippen molar-refractivity contribution in [1.82, 2.24) is 9.88 Å². The van der Waals surface area contributed by atoms with Crippen LogP contribution < -0.4 is 5.32 Å². The molecule has 2 aliphatic rings. The van der Waals surface area contributed by atoms with Gasteiger partial charge in [0, 0.05) is 23.2 Å². The highest BCUT2D eigenvalue weighted by Gasteiger charge is 2.34. The lowest BCUT2D eigenvalue weighted by atomic mass is 10.1. The Morgan fingerprint density at radius 3 is 2.78 bits per heavy atom. The highest BCUT2D eigenvalue weighted by Crippen LogP contribution is 2.32. The van der Waals surface area contributed by atoms with Crippen LogP contribution in [-0.2, 0) is 4.79 Å². The predicted molar refractivity (Wildman–Crippen MR) is 93.5 cm³/mol. The van der Waals surface area contributed by atoms with Gasteiger partial charge < -0.3 is 5.32 Å². The second kappa shape index (κ2) is 6.42. The second-order valence-electron chi connectivity index (χ2n) is 6.54. The summed E-state index contributed by atoms with van der Waals surface area (Å²) in [4.78, 5) is 19.3. The third kappa shape index (κ3) is 3.46. The molecule has 2 aromatic rings. The highest BCUT2D eigenvalue weighted by atomic mass is 32.1. The second-order valence-corrected chi connectivity index (χ2v) is 7.26. The zero-order chi connectivity index (χ0) is 15.6. The minimum absolute atomic E-state index is 0.0498. The number of carbonyl (C=O) groups excluding carboxylic acids is 1. The van der Waals surface area contributed by atoms with Crippen LogP contribution in [0.25, 0.3) is 11.3 Å². The Morgan fingerprint density at radius 1 is 1.26 bits per heavy atom. The maximum Gasteiger partial charge on any atom is 0.241 e. The first-order valence-corrected chi connectivity index (χ1v) is 9.27. The van der Waals surface area contributed by atoms with E-state index < -0.39 is 0 Å². The zero-order valence-electron chi connectivity index (χ0n) is 13.1. The lowest BCUT2D eigenvalue weighted by molar-refractivity contribution is -0.120. The summed E-state index contributed by atoms with van der Waals surface area (Å²) in [6.07, 6.45) is 4.79. The Hall–Kier alpha value is -1.72. The summed E-state index contributed by atoms with van der Waals surface area (Å²) < 4.78 is 0. The van der Waals surface area contributed by atoms with E-state index in [0.29, 0.717) is 0 Å². The third-order valence-corrected chi connectivity index (χ3v) is 5.32. The number of thiazole rings is 1. The number of aromatic nitrogens is 1. The van der Waals surface area contributed by atoms with Gasteiger partial charge in [0.05, 0.1) is 17.2 Å². The zero-order valence-corrected chi connectivity index (χ0v) is 13.9. The number of rotatable bonds is 5. The van der Waals surface area contributed by atoms with Crippen LogP contribution >= 0.6 is 11.3 Å². The van der Waals surface area contributed by atoms with E-state index in [1.54, 1.807) is 11.3 Å². The molecule has 1 atom stereocenters. The number of amides is 1. The fourth-order valence-corrected chi connectivity index (χ4v) is 3.84. The standard InChI is InChI=1S/C18H21N3OS/c22-18(17-2-1-9-21(17)10-13-3-4-13)20-15-7-5-14(6-8-15)16-11-23-12-19-16/h5-8,11-13,17H,1-4,9-10H2,(H,20,22). The van der Waals surface area contributed by atoms with Crippen molar-refractivity contribution in [1.29, 1.82) is 0 Å². The van der Waals surface area contributed by atoms with Crippen LogP contribution in [0, 0.1) is 5.92 Å². The monoisotopic (exact) mass is 327 g/mol. The number of anilines is 1. The molecular weight excluding hydrogens is 306 g/mol. The third-order valence-electron chi connectivity index (χ3n) is 4.74. The molecule has 1 saturated heterocycles. The summed E-state index contributed by atoms with van der Waals surface area (Å²) in [5.41, 5.74) is 4.77. The van der Waals surface area contributed by atoms with Crippen LogP contribution in [0.15, 0.2) is 35.2 Å². The highest BCUT2D eigenvalue weighted by molar-refractivity contribution is 7.07. The Bertz CT molecular complexity index is 664. The summed E-state index contributed by atoms with van der Waals surface area (Å²) in [5, 5.41) is 5.11. The topological polar surface area (TPSA) is 45.2 Å². The number of benzene rings is 1. The van der Waals surface area contributed by atoms with Gasteiger partial charge in [-0.25, -0.2) is 4.98 Å². The van der Waals surface area contributed by atoms with Crippen molar-refractivity contribution in [3.63, 3.8) is 0 Å². The van der Waals surface area contributed by atoms with Gasteiger partial charge >= 0.3 is 0 Å². The van der Waals surface area contributed by atoms with Crippen LogP contribution in [0.3, 0.4) is 0 Å². The SMILES string of the molecule is O=C(Nc1ccc(-c2cscn2)cc1)C1CCCN1CC1CC1. The molecule has 2 fully saturated rings. The van der Waals surface area contributed by atoms with E-state index >= 15 is 0 Å². The fraction of sp³-hybridized carbons (Fsp3) is 0.444. The summed E-state index contributed by atoms with van der Waals surface area (Å²) in [7, 11) is 0. The van der Waals surface area contributed by atoms with Crippen molar-refractivity contribution < 1.29 is 4.79 Å². The molecule has 2 heterocycles. The number of hydrogen-bond acceptors (Lipinski definition) is 4. The Kier molecular flexibility index (Phi) is 4.14. The predicted octanol–water partition coefficient (Wildman–Crippen LogP) is 3.62. The summed E-state index contributed by atoms with van der Waals surface area (Å²) in [6.45, 7) is 2.16.